The van der Waals surface area contributed by atoms with E-state index in [0.717, 1.165) is 4.57 Å². The van der Waals surface area contributed by atoms with Gasteiger partial charge in [0.25, 0.3) is 5.56 Å². The highest BCUT2D eigenvalue weighted by Gasteiger charge is 2.06. The van der Waals surface area contributed by atoms with E-state index in [1.165, 1.54) is 17.7 Å². The molecule has 100 valence electrons. The van der Waals surface area contributed by atoms with Gasteiger partial charge in [0.15, 0.2) is 0 Å². The van der Waals surface area contributed by atoms with Crippen molar-refractivity contribution in [3.8, 4) is 0 Å². The number of nitrogens with zero attached hydrogens (tertiary/aromatic N) is 2. The summed E-state index contributed by atoms with van der Waals surface area (Å²) in [4.78, 5) is 34.3. The summed E-state index contributed by atoms with van der Waals surface area (Å²) in [6.07, 6.45) is 0. The summed E-state index contributed by atoms with van der Waals surface area (Å²) in [5.74, 6) is -0.119. The molecule has 0 fully saturated rings. The molecule has 0 saturated carbocycles. The number of hydrogen-bond donors (Lipinski definition) is 2. The molecule has 0 bridgehead atoms. The molecule has 7 heteroatoms. The fraction of sp³-hybridized carbons (Fsp3) is 0.545. The van der Waals surface area contributed by atoms with Crippen molar-refractivity contribution in [2.45, 2.75) is 13.5 Å². The minimum atomic E-state index is -0.377. The van der Waals surface area contributed by atoms with E-state index in [4.69, 9.17) is 0 Å². The Labute approximate surface area is 104 Å². The zero-order valence-electron chi connectivity index (χ0n) is 10.8. The van der Waals surface area contributed by atoms with Crippen molar-refractivity contribution in [3.63, 3.8) is 0 Å². The molecule has 0 unspecified atom stereocenters. The van der Waals surface area contributed by atoms with Crippen molar-refractivity contribution < 1.29 is 4.79 Å². The molecule has 18 heavy (non-hydrogen) atoms. The van der Waals surface area contributed by atoms with Crippen LogP contribution in [-0.2, 0) is 25.4 Å². The largest absolute Gasteiger partial charge is 0.355 e. The summed E-state index contributed by atoms with van der Waals surface area (Å²) in [5, 5.41) is 5.52. The third-order valence-corrected chi connectivity index (χ3v) is 2.59. The van der Waals surface area contributed by atoms with Gasteiger partial charge in [0.1, 0.15) is 0 Å². The highest BCUT2D eigenvalue weighted by molar-refractivity contribution is 5.77. The maximum absolute atomic E-state index is 11.6. The average Bonchev–Trinajstić information content (AvgIpc) is 2.33. The second-order valence-electron chi connectivity index (χ2n) is 3.93. The van der Waals surface area contributed by atoms with Gasteiger partial charge in [-0.2, -0.15) is 0 Å². The highest BCUT2D eigenvalue weighted by atomic mass is 16.2. The van der Waals surface area contributed by atoms with Crippen LogP contribution in [0.25, 0.3) is 0 Å². The van der Waals surface area contributed by atoms with Gasteiger partial charge in [-0.25, -0.2) is 4.79 Å². The van der Waals surface area contributed by atoms with Crippen LogP contribution in [0.4, 0.5) is 0 Å². The van der Waals surface area contributed by atoms with Crippen molar-refractivity contribution in [2.24, 2.45) is 14.1 Å². The van der Waals surface area contributed by atoms with Crippen molar-refractivity contribution >= 4 is 5.91 Å². The summed E-state index contributed by atoms with van der Waals surface area (Å²) in [5.41, 5.74) is -0.183. The third kappa shape index (κ3) is 3.30. The van der Waals surface area contributed by atoms with Gasteiger partial charge < -0.3 is 10.6 Å². The number of likely N-dealkylation sites (N-methyl/N-ethyl adjacent to an activating group) is 1. The van der Waals surface area contributed by atoms with Gasteiger partial charge in [-0.3, -0.25) is 18.7 Å². The fourth-order valence-electron chi connectivity index (χ4n) is 1.51. The van der Waals surface area contributed by atoms with Crippen LogP contribution in [0.2, 0.25) is 0 Å². The molecular formula is C11H18N4O3. The number of aromatic nitrogens is 2. The maximum atomic E-state index is 11.6. The molecule has 0 radical (unpaired) electrons. The van der Waals surface area contributed by atoms with Crippen LogP contribution in [0.5, 0.6) is 0 Å². The average molecular weight is 254 g/mol. The number of rotatable bonds is 5. The summed E-state index contributed by atoms with van der Waals surface area (Å²) in [7, 11) is 3.02. The minimum absolute atomic E-state index is 0.119. The molecule has 0 atom stereocenters. The maximum Gasteiger partial charge on any atom is 0.330 e. The normalized spacial score (nSPS) is 10.4. The Morgan fingerprint density at radius 2 is 1.94 bits per heavy atom. The lowest BCUT2D eigenvalue weighted by atomic mass is 10.3. The third-order valence-electron chi connectivity index (χ3n) is 2.59. The first-order valence-electron chi connectivity index (χ1n) is 5.70. The van der Waals surface area contributed by atoms with E-state index in [1.54, 1.807) is 7.05 Å². The monoisotopic (exact) mass is 254 g/mol. The summed E-state index contributed by atoms with van der Waals surface area (Å²) in [6.45, 7) is 2.85. The second kappa shape index (κ2) is 6.15. The molecule has 7 nitrogen and oxygen atoms in total. The van der Waals surface area contributed by atoms with Crippen LogP contribution in [0.1, 0.15) is 12.6 Å². The Hall–Kier alpha value is -1.89. The van der Waals surface area contributed by atoms with Crippen LogP contribution in [-0.4, -0.2) is 28.1 Å². The number of nitrogens with one attached hydrogen (secondary N) is 2. The molecule has 1 aromatic rings. The molecule has 0 aliphatic carbocycles. The van der Waals surface area contributed by atoms with Crippen LogP contribution >= 0.6 is 0 Å². The van der Waals surface area contributed by atoms with Crippen LogP contribution in [0, 0.1) is 0 Å². The van der Waals surface area contributed by atoms with Gasteiger partial charge in [0, 0.05) is 38.9 Å². The molecule has 0 saturated heterocycles. The highest BCUT2D eigenvalue weighted by Crippen LogP contribution is 1.89. The Bertz CT molecular complexity index is 544. The van der Waals surface area contributed by atoms with Gasteiger partial charge in [-0.15, -0.1) is 0 Å². The quantitative estimate of drug-likeness (QED) is 0.656. The molecule has 1 rings (SSSR count). The van der Waals surface area contributed by atoms with Gasteiger partial charge in [0.2, 0.25) is 5.91 Å². The molecule has 0 aromatic carbocycles. The van der Waals surface area contributed by atoms with E-state index in [-0.39, 0.29) is 23.7 Å². The number of carbonyl (C=O) groups is 1. The predicted molar refractivity (Wildman–Crippen MR) is 67.3 cm³/mol. The molecule has 0 aliphatic rings. The molecule has 1 amide bonds. The molecule has 2 N–H and O–H groups in total. The Kier molecular flexibility index (Phi) is 4.85. The van der Waals surface area contributed by atoms with Gasteiger partial charge in [0.05, 0.1) is 6.54 Å². The first kappa shape index (κ1) is 14.2. The molecular weight excluding hydrogens is 236 g/mol. The zero-order chi connectivity index (χ0) is 13.7. The Morgan fingerprint density at radius 3 is 2.56 bits per heavy atom. The van der Waals surface area contributed by atoms with Crippen LogP contribution in [0.15, 0.2) is 15.7 Å². The van der Waals surface area contributed by atoms with Gasteiger partial charge in [-0.1, -0.05) is 0 Å². The standard InChI is InChI=1S/C11H18N4O3/c1-4-13-9(16)7-12-6-8-5-10(17)15(3)11(18)14(8)2/h5,12H,4,6-7H2,1-3H3,(H,13,16). The predicted octanol–water partition coefficient (Wildman–Crippen LogP) is -1.69. The van der Waals surface area contributed by atoms with Gasteiger partial charge in [-0.05, 0) is 6.92 Å². The van der Waals surface area contributed by atoms with Crippen LogP contribution < -0.4 is 21.9 Å². The zero-order valence-corrected chi connectivity index (χ0v) is 10.8. The molecule has 0 spiro atoms. The van der Waals surface area contributed by atoms with E-state index in [9.17, 15) is 14.4 Å². The second-order valence-corrected chi connectivity index (χ2v) is 3.93. The lowest BCUT2D eigenvalue weighted by molar-refractivity contribution is -0.120. The van der Waals surface area contributed by atoms with Crippen molar-refractivity contribution in [2.75, 3.05) is 13.1 Å². The van der Waals surface area contributed by atoms with Crippen LogP contribution in [0.3, 0.4) is 0 Å². The Balaban J connectivity index is 2.72. The van der Waals surface area contributed by atoms with Gasteiger partial charge >= 0.3 is 5.69 Å². The first-order chi connectivity index (χ1) is 8.47. The molecule has 1 aromatic heterocycles. The minimum Gasteiger partial charge on any atom is -0.355 e. The first-order valence-corrected chi connectivity index (χ1v) is 5.70. The van der Waals surface area contributed by atoms with Crippen molar-refractivity contribution in [3.05, 3.63) is 32.6 Å². The fourth-order valence-corrected chi connectivity index (χ4v) is 1.51. The van der Waals surface area contributed by atoms with Crippen molar-refractivity contribution in [1.29, 1.82) is 0 Å². The summed E-state index contributed by atoms with van der Waals surface area (Å²) >= 11 is 0. The summed E-state index contributed by atoms with van der Waals surface area (Å²) in [6, 6.07) is 1.38. The van der Waals surface area contributed by atoms with E-state index in [1.807, 2.05) is 6.92 Å². The lowest BCUT2D eigenvalue weighted by Gasteiger charge is -2.10. The van der Waals surface area contributed by atoms with E-state index >= 15 is 0 Å². The smallest absolute Gasteiger partial charge is 0.330 e. The summed E-state index contributed by atoms with van der Waals surface area (Å²) < 4.78 is 2.42. The topological polar surface area (TPSA) is 85.1 Å². The SMILES string of the molecule is CCNC(=O)CNCc1cc(=O)n(C)c(=O)n1C. The molecule has 0 aliphatic heterocycles. The number of amides is 1. The van der Waals surface area contributed by atoms with E-state index in [0.29, 0.717) is 18.8 Å². The van der Waals surface area contributed by atoms with Crippen molar-refractivity contribution in [1.82, 2.24) is 19.8 Å². The molecule has 1 heterocycles. The lowest BCUT2D eigenvalue weighted by Crippen LogP contribution is -2.40. The Morgan fingerprint density at radius 1 is 1.28 bits per heavy atom. The van der Waals surface area contributed by atoms with E-state index < -0.39 is 0 Å². The number of carbonyl (C=O) groups excluding carboxylic acids is 1. The van der Waals surface area contributed by atoms with E-state index in [2.05, 4.69) is 10.6 Å². The number of hydrogen-bond acceptors (Lipinski definition) is 4.